The van der Waals surface area contributed by atoms with Gasteiger partial charge in [0.15, 0.2) is 0 Å². The molecular formula is C19H18N2O3. The molecule has 0 aromatic heterocycles. The molecule has 0 amide bonds. The van der Waals surface area contributed by atoms with Gasteiger partial charge in [-0.2, -0.15) is 0 Å². The molecule has 1 saturated carbocycles. The van der Waals surface area contributed by atoms with Gasteiger partial charge in [-0.05, 0) is 24.5 Å². The third kappa shape index (κ3) is 3.11. The number of benzene rings is 2. The molecule has 1 aliphatic rings. The van der Waals surface area contributed by atoms with Crippen LogP contribution in [0.25, 0.3) is 11.1 Å². The van der Waals surface area contributed by atoms with Crippen LogP contribution in [-0.2, 0) is 0 Å². The van der Waals surface area contributed by atoms with Gasteiger partial charge in [-0.3, -0.25) is 14.9 Å². The number of nitro benzene ring substituents is 1. The number of carbonyl (C=O) groups excluding carboxylic acids is 1. The van der Waals surface area contributed by atoms with Crippen LogP contribution in [0.5, 0.6) is 0 Å². The predicted molar refractivity (Wildman–Crippen MR) is 92.5 cm³/mol. The molecule has 1 fully saturated rings. The first-order chi connectivity index (χ1) is 11.6. The number of nitrogens with zero attached hydrogens (tertiary/aromatic N) is 1. The van der Waals surface area contributed by atoms with Gasteiger partial charge in [-0.15, -0.1) is 0 Å². The molecule has 0 aliphatic heterocycles. The molecule has 0 saturated heterocycles. The summed E-state index contributed by atoms with van der Waals surface area (Å²) in [5.74, 6) is -0.164. The summed E-state index contributed by atoms with van der Waals surface area (Å²) < 4.78 is 0. The Labute approximate surface area is 140 Å². The fourth-order valence-corrected chi connectivity index (χ4v) is 3.23. The Morgan fingerprint density at radius 1 is 1.04 bits per heavy atom. The third-order valence-corrected chi connectivity index (χ3v) is 4.57. The van der Waals surface area contributed by atoms with Crippen LogP contribution < -0.4 is 0 Å². The largest absolute Gasteiger partial charge is 0.301 e. The van der Waals surface area contributed by atoms with Crippen LogP contribution in [0, 0.1) is 21.4 Å². The van der Waals surface area contributed by atoms with E-state index in [2.05, 4.69) is 0 Å². The van der Waals surface area contributed by atoms with Gasteiger partial charge in [0, 0.05) is 17.5 Å². The average molecular weight is 322 g/mol. The summed E-state index contributed by atoms with van der Waals surface area (Å²) in [6.07, 6.45) is 3.99. The first-order valence-corrected chi connectivity index (χ1v) is 8.05. The smallest absolute Gasteiger partial charge is 0.277 e. The second kappa shape index (κ2) is 6.74. The van der Waals surface area contributed by atoms with Crippen molar-refractivity contribution in [3.63, 3.8) is 0 Å². The van der Waals surface area contributed by atoms with E-state index in [1.54, 1.807) is 42.5 Å². The maximum Gasteiger partial charge on any atom is 0.277 e. The van der Waals surface area contributed by atoms with E-state index >= 15 is 0 Å². The van der Waals surface area contributed by atoms with Crippen molar-refractivity contribution in [2.75, 3.05) is 0 Å². The number of nitro groups is 1. The van der Waals surface area contributed by atoms with Crippen molar-refractivity contribution in [3.05, 3.63) is 64.2 Å². The van der Waals surface area contributed by atoms with Crippen LogP contribution in [-0.4, -0.2) is 16.4 Å². The summed E-state index contributed by atoms with van der Waals surface area (Å²) in [7, 11) is 0. The van der Waals surface area contributed by atoms with Crippen LogP contribution in [0.15, 0.2) is 48.5 Å². The van der Waals surface area contributed by atoms with Crippen molar-refractivity contribution in [1.82, 2.24) is 0 Å². The van der Waals surface area contributed by atoms with E-state index in [0.29, 0.717) is 16.7 Å². The lowest BCUT2D eigenvalue weighted by Gasteiger charge is -2.10. The van der Waals surface area contributed by atoms with Gasteiger partial charge in [0.1, 0.15) is 0 Å². The molecule has 0 atom stereocenters. The van der Waals surface area contributed by atoms with Crippen LogP contribution in [0.1, 0.15) is 36.0 Å². The number of carbonyl (C=O) groups is 1. The lowest BCUT2D eigenvalue weighted by molar-refractivity contribution is -0.384. The Balaban J connectivity index is 1.85. The minimum atomic E-state index is -0.413. The van der Waals surface area contributed by atoms with E-state index < -0.39 is 4.92 Å². The molecule has 0 heterocycles. The summed E-state index contributed by atoms with van der Waals surface area (Å²) in [4.78, 5) is 23.1. The molecule has 0 bridgehead atoms. The lowest BCUT2D eigenvalue weighted by Crippen LogP contribution is -2.21. The van der Waals surface area contributed by atoms with Crippen molar-refractivity contribution in [2.45, 2.75) is 25.7 Å². The molecule has 122 valence electrons. The fraction of sp³-hybridized carbons (Fsp3) is 0.263. The maximum atomic E-state index is 12.4. The summed E-state index contributed by atoms with van der Waals surface area (Å²) in [6, 6.07) is 13.2. The van der Waals surface area contributed by atoms with Gasteiger partial charge in [0.2, 0.25) is 5.78 Å². The van der Waals surface area contributed by atoms with Gasteiger partial charge >= 0.3 is 0 Å². The van der Waals surface area contributed by atoms with Gasteiger partial charge < -0.3 is 5.41 Å². The van der Waals surface area contributed by atoms with Gasteiger partial charge in [-0.25, -0.2) is 0 Å². The molecule has 0 radical (unpaired) electrons. The minimum Gasteiger partial charge on any atom is -0.301 e. The zero-order valence-corrected chi connectivity index (χ0v) is 13.2. The molecular weight excluding hydrogens is 304 g/mol. The third-order valence-electron chi connectivity index (χ3n) is 4.57. The number of Topliss-reactive ketones (excluding diaryl/α,β-unsaturated/α-hetero) is 1. The summed E-state index contributed by atoms with van der Waals surface area (Å²) in [5, 5.41) is 19.2. The lowest BCUT2D eigenvalue weighted by atomic mass is 9.93. The van der Waals surface area contributed by atoms with Crippen molar-refractivity contribution >= 4 is 17.2 Å². The first kappa shape index (κ1) is 16.1. The highest BCUT2D eigenvalue weighted by molar-refractivity contribution is 6.45. The zero-order valence-electron chi connectivity index (χ0n) is 13.2. The zero-order chi connectivity index (χ0) is 17.1. The number of hydrogen-bond acceptors (Lipinski definition) is 4. The summed E-state index contributed by atoms with van der Waals surface area (Å²) in [6.45, 7) is 0. The molecule has 0 spiro atoms. The highest BCUT2D eigenvalue weighted by Gasteiger charge is 2.25. The Bertz CT molecular complexity index is 791. The number of para-hydroxylation sites is 1. The normalized spacial score (nSPS) is 14.5. The highest BCUT2D eigenvalue weighted by atomic mass is 16.6. The standard InChI is InChI=1S/C19H18N2O3/c20-18(14-5-1-2-6-14)19(22)15-11-9-13(10-12-15)16-7-3-4-8-17(16)21(23)24/h3-4,7-12,14,20H,1-2,5-6H2. The molecule has 2 aromatic carbocycles. The molecule has 2 aromatic rings. The molecule has 0 unspecified atom stereocenters. The van der Waals surface area contributed by atoms with Crippen LogP contribution in [0.4, 0.5) is 5.69 Å². The molecule has 5 nitrogen and oxygen atoms in total. The van der Waals surface area contributed by atoms with Crippen LogP contribution >= 0.6 is 0 Å². The fourth-order valence-electron chi connectivity index (χ4n) is 3.23. The van der Waals surface area contributed by atoms with Crippen LogP contribution in [0.2, 0.25) is 0 Å². The second-order valence-electron chi connectivity index (χ2n) is 6.08. The summed E-state index contributed by atoms with van der Waals surface area (Å²) in [5.41, 5.74) is 1.90. The van der Waals surface area contributed by atoms with Gasteiger partial charge in [0.05, 0.1) is 16.2 Å². The van der Waals surface area contributed by atoms with Gasteiger partial charge in [-0.1, -0.05) is 49.2 Å². The quantitative estimate of drug-likeness (QED) is 0.376. The van der Waals surface area contributed by atoms with Crippen LogP contribution in [0.3, 0.4) is 0 Å². The van der Waals surface area contributed by atoms with E-state index in [0.717, 1.165) is 25.7 Å². The predicted octanol–water partition coefficient (Wildman–Crippen LogP) is 4.65. The Kier molecular flexibility index (Phi) is 4.51. The minimum absolute atomic E-state index is 0.0373. The van der Waals surface area contributed by atoms with Crippen molar-refractivity contribution in [2.24, 2.45) is 5.92 Å². The molecule has 1 N–H and O–H groups in total. The van der Waals surface area contributed by atoms with Crippen molar-refractivity contribution in [3.8, 4) is 11.1 Å². The average Bonchev–Trinajstić information content (AvgIpc) is 3.15. The monoisotopic (exact) mass is 322 g/mol. The molecule has 3 rings (SSSR count). The topological polar surface area (TPSA) is 84.1 Å². The van der Waals surface area contributed by atoms with Crippen molar-refractivity contribution in [1.29, 1.82) is 5.41 Å². The summed E-state index contributed by atoms with van der Waals surface area (Å²) >= 11 is 0. The molecule has 5 heteroatoms. The Hall–Kier alpha value is -2.82. The SMILES string of the molecule is N=C(C(=O)c1ccc(-c2ccccc2[N+](=O)[O-])cc1)C1CCCC1. The Morgan fingerprint density at radius 2 is 1.67 bits per heavy atom. The maximum absolute atomic E-state index is 12.4. The number of rotatable bonds is 5. The van der Waals surface area contributed by atoms with E-state index in [9.17, 15) is 14.9 Å². The van der Waals surface area contributed by atoms with Gasteiger partial charge in [0.25, 0.3) is 5.69 Å². The van der Waals surface area contributed by atoms with E-state index in [1.807, 2.05) is 0 Å². The second-order valence-corrected chi connectivity index (χ2v) is 6.08. The van der Waals surface area contributed by atoms with E-state index in [1.165, 1.54) is 6.07 Å². The number of ketones is 1. The van der Waals surface area contributed by atoms with E-state index in [-0.39, 0.29) is 23.1 Å². The number of hydrogen-bond donors (Lipinski definition) is 1. The van der Waals surface area contributed by atoms with Crippen molar-refractivity contribution < 1.29 is 9.72 Å². The Morgan fingerprint density at radius 3 is 2.29 bits per heavy atom. The first-order valence-electron chi connectivity index (χ1n) is 8.05. The van der Waals surface area contributed by atoms with E-state index in [4.69, 9.17) is 5.41 Å². The molecule has 24 heavy (non-hydrogen) atoms. The molecule has 1 aliphatic carbocycles. The highest BCUT2D eigenvalue weighted by Crippen LogP contribution is 2.30. The number of nitrogens with one attached hydrogen (secondary N) is 1.